The van der Waals surface area contributed by atoms with Gasteiger partial charge in [-0.15, -0.1) is 0 Å². The molecule has 0 radical (unpaired) electrons. The molecule has 0 amide bonds. The molecular weight excluding hydrogens is 332 g/mol. The molecule has 0 saturated carbocycles. The Bertz CT molecular complexity index is 810. The molecule has 2 aromatic carbocycles. The number of hydrogen-bond donors (Lipinski definition) is 1. The summed E-state index contributed by atoms with van der Waals surface area (Å²) >= 11 is 0. The number of carbonyl (C=O) groups excluding carboxylic acids is 2. The predicted octanol–water partition coefficient (Wildman–Crippen LogP) is 4.62. The standard InChI is InChI=1S/C21H24O5/c1-5-7-18-19(11-10-17(14(3)22)20(18)23)26-16-9-6-8-15(12-16)13(2)21(24)25-4/h6,8-13,23H,5,7H2,1-4H3. The van der Waals surface area contributed by atoms with Gasteiger partial charge in [0.2, 0.25) is 0 Å². The molecule has 0 aliphatic heterocycles. The Morgan fingerprint density at radius 3 is 2.54 bits per heavy atom. The van der Waals surface area contributed by atoms with Gasteiger partial charge in [-0.25, -0.2) is 0 Å². The van der Waals surface area contributed by atoms with Gasteiger partial charge in [-0.3, -0.25) is 9.59 Å². The lowest BCUT2D eigenvalue weighted by atomic mass is 10.0. The molecule has 0 spiro atoms. The lowest BCUT2D eigenvalue weighted by molar-refractivity contribution is -0.141. The number of Topliss-reactive ketones (excluding diaryl/α,β-unsaturated/α-hetero) is 1. The van der Waals surface area contributed by atoms with E-state index in [1.807, 2.05) is 13.0 Å². The van der Waals surface area contributed by atoms with E-state index in [0.29, 0.717) is 23.5 Å². The van der Waals surface area contributed by atoms with E-state index in [0.717, 1.165) is 12.0 Å². The minimum atomic E-state index is -0.410. The van der Waals surface area contributed by atoms with Gasteiger partial charge in [0.15, 0.2) is 5.78 Å². The summed E-state index contributed by atoms with van der Waals surface area (Å²) in [5.74, 6) is 0.0865. The minimum Gasteiger partial charge on any atom is -0.507 e. The summed E-state index contributed by atoms with van der Waals surface area (Å²) in [5, 5.41) is 10.4. The molecule has 0 bridgehead atoms. The van der Waals surface area contributed by atoms with Crippen molar-refractivity contribution in [3.05, 3.63) is 53.1 Å². The van der Waals surface area contributed by atoms with E-state index in [9.17, 15) is 14.7 Å². The average Bonchev–Trinajstić information content (AvgIpc) is 2.63. The number of ketones is 1. The topological polar surface area (TPSA) is 72.8 Å². The highest BCUT2D eigenvalue weighted by Gasteiger charge is 2.18. The maximum atomic E-state index is 11.7. The Kier molecular flexibility index (Phi) is 6.39. The summed E-state index contributed by atoms with van der Waals surface area (Å²) in [6.07, 6.45) is 1.38. The van der Waals surface area contributed by atoms with Crippen LogP contribution in [0.25, 0.3) is 0 Å². The third kappa shape index (κ3) is 4.23. The lowest BCUT2D eigenvalue weighted by Crippen LogP contribution is -2.10. The number of rotatable bonds is 7. The van der Waals surface area contributed by atoms with Crippen LogP contribution in [0.4, 0.5) is 0 Å². The number of carbonyl (C=O) groups is 2. The summed E-state index contributed by atoms with van der Waals surface area (Å²) in [7, 11) is 1.36. The second-order valence-corrected chi connectivity index (χ2v) is 6.16. The molecule has 0 aliphatic rings. The van der Waals surface area contributed by atoms with Crippen LogP contribution in [0.3, 0.4) is 0 Å². The molecule has 5 nitrogen and oxygen atoms in total. The number of hydrogen-bond acceptors (Lipinski definition) is 5. The smallest absolute Gasteiger partial charge is 0.312 e. The van der Waals surface area contributed by atoms with E-state index in [1.54, 1.807) is 37.3 Å². The van der Waals surface area contributed by atoms with Gasteiger partial charge in [-0.2, -0.15) is 0 Å². The predicted molar refractivity (Wildman–Crippen MR) is 99.1 cm³/mol. The fourth-order valence-electron chi connectivity index (χ4n) is 2.78. The minimum absolute atomic E-state index is 0.0315. The van der Waals surface area contributed by atoms with E-state index in [2.05, 4.69) is 0 Å². The molecule has 1 N–H and O–H groups in total. The first-order valence-corrected chi connectivity index (χ1v) is 8.60. The van der Waals surface area contributed by atoms with E-state index < -0.39 is 5.92 Å². The van der Waals surface area contributed by atoms with Crippen LogP contribution >= 0.6 is 0 Å². The molecule has 0 aliphatic carbocycles. The van der Waals surface area contributed by atoms with E-state index in [1.165, 1.54) is 14.0 Å². The van der Waals surface area contributed by atoms with Gasteiger partial charge >= 0.3 is 5.97 Å². The number of ether oxygens (including phenoxy) is 2. The molecule has 1 atom stereocenters. The molecule has 0 fully saturated rings. The van der Waals surface area contributed by atoms with Gasteiger partial charge in [0, 0.05) is 5.56 Å². The largest absolute Gasteiger partial charge is 0.507 e. The van der Waals surface area contributed by atoms with Crippen molar-refractivity contribution in [3.8, 4) is 17.2 Å². The first-order valence-electron chi connectivity index (χ1n) is 8.60. The van der Waals surface area contributed by atoms with Gasteiger partial charge in [-0.05, 0) is 50.1 Å². The maximum Gasteiger partial charge on any atom is 0.312 e. The number of phenols is 1. The van der Waals surface area contributed by atoms with Gasteiger partial charge in [0.25, 0.3) is 0 Å². The first-order chi connectivity index (χ1) is 12.4. The van der Waals surface area contributed by atoms with E-state index >= 15 is 0 Å². The Morgan fingerprint density at radius 1 is 1.19 bits per heavy atom. The van der Waals surface area contributed by atoms with Crippen LogP contribution in [0.1, 0.15) is 54.6 Å². The third-order valence-corrected chi connectivity index (χ3v) is 4.26. The Balaban J connectivity index is 2.38. The lowest BCUT2D eigenvalue weighted by Gasteiger charge is -2.16. The highest BCUT2D eigenvalue weighted by atomic mass is 16.5. The molecular formula is C21H24O5. The Hall–Kier alpha value is -2.82. The normalized spacial score (nSPS) is 11.7. The third-order valence-electron chi connectivity index (χ3n) is 4.26. The summed E-state index contributed by atoms with van der Waals surface area (Å²) in [6, 6.07) is 10.4. The molecule has 1 unspecified atom stereocenters. The van der Waals surface area contributed by atoms with Crippen molar-refractivity contribution in [3.63, 3.8) is 0 Å². The van der Waals surface area contributed by atoms with Crippen LogP contribution in [0, 0.1) is 0 Å². The molecule has 0 heterocycles. The van der Waals surface area contributed by atoms with Crippen LogP contribution in [-0.4, -0.2) is 24.0 Å². The summed E-state index contributed by atoms with van der Waals surface area (Å²) in [5.41, 5.74) is 1.66. The number of benzene rings is 2. The molecule has 26 heavy (non-hydrogen) atoms. The molecule has 138 valence electrons. The number of phenolic OH excluding ortho intramolecular Hbond substituents is 1. The molecule has 2 rings (SSSR count). The van der Waals surface area contributed by atoms with Crippen molar-refractivity contribution in [1.82, 2.24) is 0 Å². The summed E-state index contributed by atoms with van der Waals surface area (Å²) in [4.78, 5) is 23.4. The van der Waals surface area contributed by atoms with Crippen molar-refractivity contribution in [2.24, 2.45) is 0 Å². The average molecular weight is 356 g/mol. The fourth-order valence-corrected chi connectivity index (χ4v) is 2.78. The quantitative estimate of drug-likeness (QED) is 0.579. The van der Waals surface area contributed by atoms with Gasteiger partial charge < -0.3 is 14.6 Å². The van der Waals surface area contributed by atoms with Gasteiger partial charge in [0.05, 0.1) is 18.6 Å². The second-order valence-electron chi connectivity index (χ2n) is 6.16. The van der Waals surface area contributed by atoms with Crippen molar-refractivity contribution < 1.29 is 24.2 Å². The Morgan fingerprint density at radius 2 is 1.92 bits per heavy atom. The number of esters is 1. The zero-order valence-electron chi connectivity index (χ0n) is 15.5. The second kappa shape index (κ2) is 8.52. The van der Waals surface area contributed by atoms with Crippen LogP contribution < -0.4 is 4.74 Å². The highest BCUT2D eigenvalue weighted by molar-refractivity contribution is 5.97. The van der Waals surface area contributed by atoms with E-state index in [4.69, 9.17) is 9.47 Å². The van der Waals surface area contributed by atoms with Crippen molar-refractivity contribution in [2.45, 2.75) is 39.5 Å². The van der Waals surface area contributed by atoms with Crippen molar-refractivity contribution in [2.75, 3.05) is 7.11 Å². The zero-order valence-corrected chi connectivity index (χ0v) is 15.5. The van der Waals surface area contributed by atoms with Crippen LogP contribution in [0.5, 0.6) is 17.2 Å². The Labute approximate surface area is 153 Å². The monoisotopic (exact) mass is 356 g/mol. The van der Waals surface area contributed by atoms with E-state index in [-0.39, 0.29) is 23.1 Å². The number of aromatic hydroxyl groups is 1. The van der Waals surface area contributed by atoms with Crippen LogP contribution in [0.2, 0.25) is 0 Å². The molecule has 5 heteroatoms. The van der Waals surface area contributed by atoms with Gasteiger partial charge in [0.1, 0.15) is 17.2 Å². The van der Waals surface area contributed by atoms with Crippen LogP contribution in [-0.2, 0) is 16.0 Å². The van der Waals surface area contributed by atoms with Crippen LogP contribution in [0.15, 0.2) is 36.4 Å². The molecule has 0 saturated heterocycles. The molecule has 2 aromatic rings. The summed E-state index contributed by atoms with van der Waals surface area (Å²) < 4.78 is 10.7. The maximum absolute atomic E-state index is 11.7. The highest BCUT2D eigenvalue weighted by Crippen LogP contribution is 2.36. The zero-order chi connectivity index (χ0) is 19.3. The van der Waals surface area contributed by atoms with Gasteiger partial charge in [-0.1, -0.05) is 25.5 Å². The fraction of sp³-hybridized carbons (Fsp3) is 0.333. The number of methoxy groups -OCH3 is 1. The molecule has 0 aromatic heterocycles. The van der Waals surface area contributed by atoms with Crippen molar-refractivity contribution in [1.29, 1.82) is 0 Å². The summed E-state index contributed by atoms with van der Waals surface area (Å²) in [6.45, 7) is 5.17. The first kappa shape index (κ1) is 19.5. The van der Waals surface area contributed by atoms with Crippen molar-refractivity contribution >= 4 is 11.8 Å². The SMILES string of the molecule is CCCc1c(Oc2cccc(C(C)C(=O)OC)c2)ccc(C(C)=O)c1O.